The molecule has 0 aromatic heterocycles. The molecule has 1 N–H and O–H groups in total. The van der Waals surface area contributed by atoms with Gasteiger partial charge in [-0.25, -0.2) is 0 Å². The zero-order chi connectivity index (χ0) is 12.7. The maximum atomic E-state index is 10.7. The van der Waals surface area contributed by atoms with Gasteiger partial charge in [0.05, 0.1) is 13.0 Å². The first kappa shape index (κ1) is 13.1. The molecule has 0 aliphatic carbocycles. The van der Waals surface area contributed by atoms with Gasteiger partial charge in [-0.05, 0) is 30.5 Å². The highest BCUT2D eigenvalue weighted by Crippen LogP contribution is 2.22. The SMILES string of the molecule is C=CCCC(/C=[N+](\[O-])O)c1ccc(OC)cc1. The normalized spacial score (nSPS) is 13.1. The van der Waals surface area contributed by atoms with Crippen molar-refractivity contribution in [2.24, 2.45) is 0 Å². The van der Waals surface area contributed by atoms with Crippen LogP contribution in [0.1, 0.15) is 24.3 Å². The van der Waals surface area contributed by atoms with Gasteiger partial charge in [-0.2, -0.15) is 0 Å². The fourth-order valence-corrected chi connectivity index (χ4v) is 1.63. The standard InChI is InChI=1S/C13H17NO3/c1-3-4-5-12(10-14(15)16)11-6-8-13(17-2)9-7-11/h3,6-10,12H,1,4-5H2,2H3,(H,15,16). The molecule has 4 heteroatoms. The second-order valence-electron chi connectivity index (χ2n) is 3.70. The molecule has 0 fully saturated rings. The Hall–Kier alpha value is -1.97. The lowest BCUT2D eigenvalue weighted by molar-refractivity contribution is -0.723. The Bertz CT molecular complexity index is 380. The Morgan fingerprint density at radius 2 is 2.12 bits per heavy atom. The summed E-state index contributed by atoms with van der Waals surface area (Å²) in [5.41, 5.74) is 0.961. The monoisotopic (exact) mass is 235 g/mol. The molecule has 0 aliphatic rings. The predicted octanol–water partition coefficient (Wildman–Crippen LogP) is 2.72. The second kappa shape index (κ2) is 6.58. The molecular formula is C13H17NO3. The summed E-state index contributed by atoms with van der Waals surface area (Å²) < 4.78 is 5.06. The zero-order valence-corrected chi connectivity index (χ0v) is 9.87. The van der Waals surface area contributed by atoms with E-state index in [4.69, 9.17) is 9.94 Å². The average molecular weight is 235 g/mol. The van der Waals surface area contributed by atoms with E-state index in [-0.39, 0.29) is 10.8 Å². The van der Waals surface area contributed by atoms with Crippen LogP contribution in [-0.2, 0) is 0 Å². The Balaban J connectivity index is 2.87. The highest BCUT2D eigenvalue weighted by Gasteiger charge is 2.13. The molecule has 1 aromatic carbocycles. The van der Waals surface area contributed by atoms with Crippen molar-refractivity contribution in [2.45, 2.75) is 18.8 Å². The molecule has 4 nitrogen and oxygen atoms in total. The minimum atomic E-state index is -0.141. The van der Waals surface area contributed by atoms with Crippen LogP contribution in [0, 0.1) is 5.21 Å². The summed E-state index contributed by atoms with van der Waals surface area (Å²) in [6.07, 6.45) is 4.54. The number of benzene rings is 1. The lowest BCUT2D eigenvalue weighted by Crippen LogP contribution is -2.08. The van der Waals surface area contributed by atoms with Crippen molar-refractivity contribution in [2.75, 3.05) is 7.11 Å². The van der Waals surface area contributed by atoms with Crippen LogP contribution in [0.15, 0.2) is 36.9 Å². The number of allylic oxidation sites excluding steroid dienone is 1. The molecule has 0 heterocycles. The van der Waals surface area contributed by atoms with Crippen LogP contribution in [0.2, 0.25) is 0 Å². The highest BCUT2D eigenvalue weighted by molar-refractivity contribution is 5.63. The third-order valence-electron chi connectivity index (χ3n) is 2.53. The van der Waals surface area contributed by atoms with E-state index in [9.17, 15) is 5.21 Å². The number of hydrogen-bond acceptors (Lipinski definition) is 3. The summed E-state index contributed by atoms with van der Waals surface area (Å²) >= 11 is 0. The van der Waals surface area contributed by atoms with Gasteiger partial charge in [0.2, 0.25) is 6.21 Å². The average Bonchev–Trinajstić information content (AvgIpc) is 2.34. The molecule has 92 valence electrons. The van der Waals surface area contributed by atoms with E-state index < -0.39 is 0 Å². The van der Waals surface area contributed by atoms with Crippen LogP contribution < -0.4 is 4.74 Å². The fourth-order valence-electron chi connectivity index (χ4n) is 1.63. The van der Waals surface area contributed by atoms with Gasteiger partial charge in [-0.15, -0.1) is 6.58 Å². The molecule has 0 aliphatic heterocycles. The van der Waals surface area contributed by atoms with Crippen molar-refractivity contribution in [1.29, 1.82) is 0 Å². The molecular weight excluding hydrogens is 218 g/mol. The van der Waals surface area contributed by atoms with E-state index in [0.717, 1.165) is 24.2 Å². The van der Waals surface area contributed by atoms with Gasteiger partial charge in [0.1, 0.15) is 5.75 Å². The number of hydrogen-bond donors (Lipinski definition) is 1. The van der Waals surface area contributed by atoms with Crippen LogP contribution >= 0.6 is 0 Å². The topological polar surface area (TPSA) is 55.5 Å². The van der Waals surface area contributed by atoms with E-state index in [2.05, 4.69) is 6.58 Å². The largest absolute Gasteiger partial charge is 0.497 e. The van der Waals surface area contributed by atoms with Gasteiger partial charge < -0.3 is 9.94 Å². The number of nitrogens with zero attached hydrogens (tertiary/aromatic N) is 1. The second-order valence-corrected chi connectivity index (χ2v) is 3.70. The number of rotatable bonds is 6. The van der Waals surface area contributed by atoms with Crippen LogP contribution in [-0.4, -0.2) is 23.4 Å². The van der Waals surface area contributed by atoms with Gasteiger partial charge in [-0.3, -0.25) is 5.21 Å². The van der Waals surface area contributed by atoms with E-state index >= 15 is 0 Å². The van der Waals surface area contributed by atoms with Crippen molar-refractivity contribution in [3.63, 3.8) is 0 Å². The lowest BCUT2D eigenvalue weighted by atomic mass is 9.95. The molecule has 0 radical (unpaired) electrons. The van der Waals surface area contributed by atoms with Gasteiger partial charge >= 0.3 is 0 Å². The Morgan fingerprint density at radius 1 is 1.47 bits per heavy atom. The Morgan fingerprint density at radius 3 is 2.59 bits per heavy atom. The van der Waals surface area contributed by atoms with Crippen molar-refractivity contribution in [3.05, 3.63) is 47.7 Å². The van der Waals surface area contributed by atoms with Crippen molar-refractivity contribution < 1.29 is 14.8 Å². The molecule has 0 amide bonds. The molecule has 1 aromatic rings. The van der Waals surface area contributed by atoms with Gasteiger partial charge in [0, 0.05) is 4.90 Å². The maximum Gasteiger partial charge on any atom is 0.217 e. The van der Waals surface area contributed by atoms with Crippen molar-refractivity contribution in [3.8, 4) is 5.75 Å². The summed E-state index contributed by atoms with van der Waals surface area (Å²) in [5.74, 6) is 0.639. The third-order valence-corrected chi connectivity index (χ3v) is 2.53. The Kier molecular flexibility index (Phi) is 5.07. The van der Waals surface area contributed by atoms with Gasteiger partial charge in [0.15, 0.2) is 0 Å². The number of methoxy groups -OCH3 is 1. The highest BCUT2D eigenvalue weighted by atomic mass is 16.8. The first-order valence-corrected chi connectivity index (χ1v) is 5.42. The smallest absolute Gasteiger partial charge is 0.217 e. The molecule has 0 bridgehead atoms. The summed E-state index contributed by atoms with van der Waals surface area (Å²) in [5, 5.41) is 19.4. The summed E-state index contributed by atoms with van der Waals surface area (Å²) in [6.45, 7) is 3.64. The van der Waals surface area contributed by atoms with E-state index in [0.29, 0.717) is 0 Å². The van der Waals surface area contributed by atoms with E-state index in [1.54, 1.807) is 13.2 Å². The molecule has 0 saturated carbocycles. The van der Waals surface area contributed by atoms with Crippen molar-refractivity contribution in [1.82, 2.24) is 0 Å². The molecule has 0 saturated heterocycles. The van der Waals surface area contributed by atoms with Crippen LogP contribution in [0.25, 0.3) is 0 Å². The summed E-state index contributed by atoms with van der Waals surface area (Å²) in [7, 11) is 1.60. The van der Waals surface area contributed by atoms with Crippen molar-refractivity contribution >= 4 is 6.21 Å². The van der Waals surface area contributed by atoms with Gasteiger partial charge in [0.25, 0.3) is 0 Å². The zero-order valence-electron chi connectivity index (χ0n) is 9.87. The molecule has 1 rings (SSSR count). The van der Waals surface area contributed by atoms with Crippen LogP contribution in [0.4, 0.5) is 0 Å². The summed E-state index contributed by atoms with van der Waals surface area (Å²) in [6, 6.07) is 7.42. The van der Waals surface area contributed by atoms with Crippen LogP contribution in [0.3, 0.4) is 0 Å². The molecule has 1 unspecified atom stereocenters. The predicted molar refractivity (Wildman–Crippen MR) is 66.6 cm³/mol. The van der Waals surface area contributed by atoms with E-state index in [1.165, 1.54) is 6.21 Å². The van der Waals surface area contributed by atoms with Crippen LogP contribution in [0.5, 0.6) is 5.75 Å². The molecule has 0 spiro atoms. The quantitative estimate of drug-likeness (QED) is 0.271. The Labute approximate surface area is 101 Å². The van der Waals surface area contributed by atoms with Gasteiger partial charge in [-0.1, -0.05) is 18.2 Å². The lowest BCUT2D eigenvalue weighted by Gasteiger charge is -2.09. The molecule has 17 heavy (non-hydrogen) atoms. The minimum absolute atomic E-state index is 0.124. The first-order chi connectivity index (χ1) is 8.17. The third kappa shape index (κ3) is 4.18. The van der Waals surface area contributed by atoms with E-state index in [1.807, 2.05) is 24.3 Å². The number of ether oxygens (including phenoxy) is 1. The maximum absolute atomic E-state index is 10.7. The first-order valence-electron chi connectivity index (χ1n) is 5.42. The summed E-state index contributed by atoms with van der Waals surface area (Å²) in [4.78, 5) is -0.141. The molecule has 1 atom stereocenters. The minimum Gasteiger partial charge on any atom is -0.497 e. The fraction of sp³-hybridized carbons (Fsp3) is 0.308.